The lowest BCUT2D eigenvalue weighted by atomic mass is 9.88. The SMILES string of the molecule is CC(C(=O)N1CCN(C(=O)c2ccc(F)cc2F)CC1)C1CNC1. The second-order valence-corrected chi connectivity index (χ2v) is 6.45. The molecule has 2 aliphatic heterocycles. The quantitative estimate of drug-likeness (QED) is 0.899. The van der Waals surface area contributed by atoms with Crippen LogP contribution in [0.5, 0.6) is 0 Å². The molecular formula is C17H21F2N3O2. The monoisotopic (exact) mass is 337 g/mol. The molecule has 2 amide bonds. The molecule has 1 unspecified atom stereocenters. The molecule has 7 heteroatoms. The van der Waals surface area contributed by atoms with Gasteiger partial charge in [-0.05, 0) is 31.1 Å². The van der Waals surface area contributed by atoms with Crippen LogP contribution >= 0.6 is 0 Å². The molecule has 2 fully saturated rings. The fourth-order valence-electron chi connectivity index (χ4n) is 3.12. The maximum Gasteiger partial charge on any atom is 0.256 e. The van der Waals surface area contributed by atoms with Gasteiger partial charge in [-0.15, -0.1) is 0 Å². The van der Waals surface area contributed by atoms with Gasteiger partial charge < -0.3 is 15.1 Å². The van der Waals surface area contributed by atoms with Crippen LogP contribution in [0.2, 0.25) is 0 Å². The number of halogens is 2. The van der Waals surface area contributed by atoms with Gasteiger partial charge in [-0.3, -0.25) is 9.59 Å². The van der Waals surface area contributed by atoms with Crippen molar-refractivity contribution >= 4 is 11.8 Å². The second kappa shape index (κ2) is 6.84. The highest BCUT2D eigenvalue weighted by Crippen LogP contribution is 2.20. The average molecular weight is 337 g/mol. The molecule has 0 aromatic heterocycles. The van der Waals surface area contributed by atoms with Crippen LogP contribution in [-0.4, -0.2) is 60.9 Å². The van der Waals surface area contributed by atoms with E-state index >= 15 is 0 Å². The maximum atomic E-state index is 13.7. The highest BCUT2D eigenvalue weighted by Gasteiger charge is 2.33. The van der Waals surface area contributed by atoms with Crippen LogP contribution in [0.4, 0.5) is 8.78 Å². The molecule has 3 rings (SSSR count). The molecular weight excluding hydrogens is 316 g/mol. The van der Waals surface area contributed by atoms with Crippen molar-refractivity contribution in [1.29, 1.82) is 0 Å². The molecule has 1 atom stereocenters. The zero-order valence-electron chi connectivity index (χ0n) is 13.6. The summed E-state index contributed by atoms with van der Waals surface area (Å²) in [5.74, 6) is -1.56. The standard InChI is InChI=1S/C17H21F2N3O2/c1-11(12-9-20-10-12)16(23)21-4-6-22(7-5-21)17(24)14-3-2-13(18)8-15(14)19/h2-3,8,11-12,20H,4-7,9-10H2,1H3. The predicted octanol–water partition coefficient (Wildman–Crippen LogP) is 1.10. The summed E-state index contributed by atoms with van der Waals surface area (Å²) in [7, 11) is 0. The van der Waals surface area contributed by atoms with Gasteiger partial charge >= 0.3 is 0 Å². The first-order chi connectivity index (χ1) is 11.5. The van der Waals surface area contributed by atoms with Gasteiger partial charge in [0, 0.05) is 38.2 Å². The van der Waals surface area contributed by atoms with Gasteiger partial charge in [0.25, 0.3) is 5.91 Å². The zero-order valence-corrected chi connectivity index (χ0v) is 13.6. The van der Waals surface area contributed by atoms with Gasteiger partial charge in [-0.2, -0.15) is 0 Å². The largest absolute Gasteiger partial charge is 0.339 e. The number of amides is 2. The van der Waals surface area contributed by atoms with Crippen LogP contribution in [-0.2, 0) is 4.79 Å². The molecule has 1 N–H and O–H groups in total. The lowest BCUT2D eigenvalue weighted by Gasteiger charge is -2.39. The van der Waals surface area contributed by atoms with Crippen LogP contribution in [0.25, 0.3) is 0 Å². The number of nitrogens with zero attached hydrogens (tertiary/aromatic N) is 2. The molecule has 0 radical (unpaired) electrons. The minimum absolute atomic E-state index is 0.0250. The molecule has 0 saturated carbocycles. The van der Waals surface area contributed by atoms with E-state index in [2.05, 4.69) is 5.32 Å². The normalized spacial score (nSPS) is 19.8. The van der Waals surface area contributed by atoms with Gasteiger partial charge in [0.2, 0.25) is 5.91 Å². The van der Waals surface area contributed by atoms with E-state index in [0.29, 0.717) is 38.2 Å². The number of carbonyl (C=O) groups is 2. The first-order valence-corrected chi connectivity index (χ1v) is 8.21. The van der Waals surface area contributed by atoms with Crippen molar-refractivity contribution in [3.8, 4) is 0 Å². The van der Waals surface area contributed by atoms with Crippen molar-refractivity contribution in [3.05, 3.63) is 35.4 Å². The predicted molar refractivity (Wildman–Crippen MR) is 84.4 cm³/mol. The summed E-state index contributed by atoms with van der Waals surface area (Å²) in [4.78, 5) is 28.1. The van der Waals surface area contributed by atoms with Crippen molar-refractivity contribution in [1.82, 2.24) is 15.1 Å². The summed E-state index contributed by atoms with van der Waals surface area (Å²) in [6, 6.07) is 2.95. The van der Waals surface area contributed by atoms with Gasteiger partial charge in [-0.1, -0.05) is 6.92 Å². The molecule has 2 aliphatic rings. The van der Waals surface area contributed by atoms with E-state index in [0.717, 1.165) is 25.2 Å². The average Bonchev–Trinajstić information content (AvgIpc) is 2.52. The summed E-state index contributed by atoms with van der Waals surface area (Å²) >= 11 is 0. The Morgan fingerprint density at radius 3 is 2.29 bits per heavy atom. The molecule has 0 spiro atoms. The molecule has 0 bridgehead atoms. The Kier molecular flexibility index (Phi) is 4.80. The molecule has 2 saturated heterocycles. The van der Waals surface area contributed by atoms with E-state index in [1.165, 1.54) is 4.90 Å². The van der Waals surface area contributed by atoms with Crippen LogP contribution in [0, 0.1) is 23.5 Å². The molecule has 130 valence electrons. The summed E-state index contributed by atoms with van der Waals surface area (Å²) in [5, 5.41) is 3.16. The number of nitrogens with one attached hydrogen (secondary N) is 1. The van der Waals surface area contributed by atoms with Crippen molar-refractivity contribution in [2.24, 2.45) is 11.8 Å². The Balaban J connectivity index is 1.58. The Hall–Kier alpha value is -2.02. The third-order valence-corrected chi connectivity index (χ3v) is 4.95. The molecule has 1 aromatic carbocycles. The zero-order chi connectivity index (χ0) is 17.3. The highest BCUT2D eigenvalue weighted by molar-refractivity contribution is 5.94. The molecule has 2 heterocycles. The second-order valence-electron chi connectivity index (χ2n) is 6.45. The van der Waals surface area contributed by atoms with Crippen molar-refractivity contribution in [2.75, 3.05) is 39.3 Å². The first kappa shape index (κ1) is 16.8. The molecule has 5 nitrogen and oxygen atoms in total. The number of benzene rings is 1. The number of rotatable bonds is 3. The third-order valence-electron chi connectivity index (χ3n) is 4.95. The minimum atomic E-state index is -0.857. The molecule has 24 heavy (non-hydrogen) atoms. The Morgan fingerprint density at radius 1 is 1.12 bits per heavy atom. The van der Waals surface area contributed by atoms with Gasteiger partial charge in [0.1, 0.15) is 11.6 Å². The fourth-order valence-corrected chi connectivity index (χ4v) is 3.12. The lowest BCUT2D eigenvalue weighted by Crippen LogP contribution is -2.55. The maximum absolute atomic E-state index is 13.7. The summed E-state index contributed by atoms with van der Waals surface area (Å²) in [5.41, 5.74) is -0.134. The lowest BCUT2D eigenvalue weighted by molar-refractivity contribution is -0.138. The Morgan fingerprint density at radius 2 is 1.75 bits per heavy atom. The van der Waals surface area contributed by atoms with E-state index in [9.17, 15) is 18.4 Å². The Labute approximate surface area is 139 Å². The molecule has 0 aliphatic carbocycles. The van der Waals surface area contributed by atoms with Crippen LogP contribution < -0.4 is 5.32 Å². The van der Waals surface area contributed by atoms with Gasteiger partial charge in [0.15, 0.2) is 0 Å². The van der Waals surface area contributed by atoms with Crippen LogP contribution in [0.3, 0.4) is 0 Å². The number of piperazine rings is 1. The van der Waals surface area contributed by atoms with Gasteiger partial charge in [0.05, 0.1) is 5.56 Å². The Bertz CT molecular complexity index is 641. The number of hydrogen-bond donors (Lipinski definition) is 1. The number of hydrogen-bond acceptors (Lipinski definition) is 3. The molecule has 1 aromatic rings. The van der Waals surface area contributed by atoms with Crippen LogP contribution in [0.1, 0.15) is 17.3 Å². The smallest absolute Gasteiger partial charge is 0.256 e. The highest BCUT2D eigenvalue weighted by atomic mass is 19.1. The van der Waals surface area contributed by atoms with Crippen molar-refractivity contribution in [3.63, 3.8) is 0 Å². The van der Waals surface area contributed by atoms with Crippen LogP contribution in [0.15, 0.2) is 18.2 Å². The third kappa shape index (κ3) is 3.26. The van der Waals surface area contributed by atoms with E-state index in [4.69, 9.17) is 0 Å². The first-order valence-electron chi connectivity index (χ1n) is 8.21. The summed E-state index contributed by atoms with van der Waals surface area (Å²) in [6.45, 7) is 5.29. The minimum Gasteiger partial charge on any atom is -0.339 e. The van der Waals surface area contributed by atoms with Crippen molar-refractivity contribution < 1.29 is 18.4 Å². The van der Waals surface area contributed by atoms with E-state index < -0.39 is 17.5 Å². The summed E-state index contributed by atoms with van der Waals surface area (Å²) < 4.78 is 26.7. The topological polar surface area (TPSA) is 52.7 Å². The summed E-state index contributed by atoms with van der Waals surface area (Å²) in [6.07, 6.45) is 0. The number of carbonyl (C=O) groups excluding carboxylic acids is 2. The van der Waals surface area contributed by atoms with Gasteiger partial charge in [-0.25, -0.2) is 8.78 Å². The fraction of sp³-hybridized carbons (Fsp3) is 0.529. The van der Waals surface area contributed by atoms with Crippen molar-refractivity contribution in [2.45, 2.75) is 6.92 Å². The van der Waals surface area contributed by atoms with E-state index in [1.807, 2.05) is 6.92 Å². The van der Waals surface area contributed by atoms with E-state index in [-0.39, 0.29) is 17.4 Å². The van der Waals surface area contributed by atoms with E-state index in [1.54, 1.807) is 4.90 Å².